The smallest absolute Gasteiger partial charge is 0.294 e. The van der Waals surface area contributed by atoms with Gasteiger partial charge in [0.05, 0.1) is 13.1 Å². The molecule has 0 unspecified atom stereocenters. The average Bonchev–Trinajstić information content (AvgIpc) is 2.66. The summed E-state index contributed by atoms with van der Waals surface area (Å²) in [5.41, 5.74) is -3.81. The number of hydrogen-bond donors (Lipinski definition) is 0. The molecule has 0 N–H and O–H groups in total. The Morgan fingerprint density at radius 2 is 1.86 bits per heavy atom. The van der Waals surface area contributed by atoms with Crippen molar-refractivity contribution in [2.24, 2.45) is 5.92 Å². The molecule has 3 atom stereocenters. The fourth-order valence-electron chi connectivity index (χ4n) is 4.24. The van der Waals surface area contributed by atoms with Crippen LogP contribution in [0.1, 0.15) is 16.8 Å². The summed E-state index contributed by atoms with van der Waals surface area (Å²) in [7, 11) is 0. The van der Waals surface area contributed by atoms with Gasteiger partial charge in [0.15, 0.2) is 5.78 Å². The summed E-state index contributed by atoms with van der Waals surface area (Å²) in [6, 6.07) is 8.10. The Hall–Kier alpha value is -2.46. The van der Waals surface area contributed by atoms with Gasteiger partial charge in [-0.2, -0.15) is 0 Å². The van der Waals surface area contributed by atoms with Crippen LogP contribution in [0.3, 0.4) is 0 Å². The van der Waals surface area contributed by atoms with E-state index in [1.54, 1.807) is 35.2 Å². The van der Waals surface area contributed by atoms with Crippen molar-refractivity contribution in [1.29, 1.82) is 0 Å². The van der Waals surface area contributed by atoms with Gasteiger partial charge in [0.25, 0.3) is 5.54 Å². The van der Waals surface area contributed by atoms with Crippen LogP contribution >= 0.6 is 15.9 Å². The highest BCUT2D eigenvalue weighted by atomic mass is 79.9. The minimum absolute atomic E-state index is 0.0995. The highest BCUT2D eigenvalue weighted by molar-refractivity contribution is 9.09. The number of fused-ring (bicyclic) bond motifs is 2. The summed E-state index contributed by atoms with van der Waals surface area (Å²) in [5, 5.41) is 24.7. The molecule has 0 spiro atoms. The average molecular weight is 452 g/mol. The van der Waals surface area contributed by atoms with Crippen molar-refractivity contribution in [1.82, 2.24) is 4.90 Å². The predicted molar refractivity (Wildman–Crippen MR) is 103 cm³/mol. The number of carbonyl (C=O) groups excluding carboxylic acids is 2. The highest BCUT2D eigenvalue weighted by Gasteiger charge is 2.74. The molecule has 0 amide bonds. The van der Waals surface area contributed by atoms with Crippen LogP contribution in [-0.2, 0) is 4.79 Å². The van der Waals surface area contributed by atoms with Gasteiger partial charge in [0, 0.05) is 33.7 Å². The maximum Gasteiger partial charge on any atom is 0.305 e. The fraction of sp³-hybridized carbons (Fsp3) is 0.444. The summed E-state index contributed by atoms with van der Waals surface area (Å²) < 4.78 is 0. The van der Waals surface area contributed by atoms with Crippen LogP contribution in [-0.4, -0.2) is 62.4 Å². The first-order valence-corrected chi connectivity index (χ1v) is 9.79. The Labute approximate surface area is 168 Å². The molecule has 10 heteroatoms. The minimum Gasteiger partial charge on any atom is -0.294 e. The molecule has 9 nitrogen and oxygen atoms in total. The molecule has 2 aliphatic rings. The molecule has 1 saturated heterocycles. The molecule has 1 heterocycles. The summed E-state index contributed by atoms with van der Waals surface area (Å²) in [4.78, 5) is 49.9. The lowest BCUT2D eigenvalue weighted by atomic mass is 9.60. The molecule has 2 bridgehead atoms. The van der Waals surface area contributed by atoms with E-state index in [4.69, 9.17) is 0 Å². The van der Waals surface area contributed by atoms with Crippen LogP contribution in [0.15, 0.2) is 42.5 Å². The molecule has 148 valence electrons. The number of hydrogen-bond acceptors (Lipinski definition) is 7. The molecule has 3 rings (SSSR count). The number of nitrogens with zero attached hydrogens (tertiary/aromatic N) is 3. The number of likely N-dealkylation sites (tertiary alicyclic amines) is 1. The van der Waals surface area contributed by atoms with Crippen molar-refractivity contribution < 1.29 is 19.4 Å². The number of Topliss-reactive ketones (excluding diaryl/α,β-unsaturated/α-hetero) is 1. The highest BCUT2D eigenvalue weighted by Crippen LogP contribution is 2.46. The lowest BCUT2D eigenvalue weighted by Crippen LogP contribution is -2.75. The third kappa shape index (κ3) is 3.06. The number of alkyl halides is 1. The third-order valence-electron chi connectivity index (χ3n) is 5.62. The summed E-state index contributed by atoms with van der Waals surface area (Å²) in [6.45, 7) is -0.0551. The number of benzene rings is 1. The van der Waals surface area contributed by atoms with Gasteiger partial charge in [-0.05, 0) is 12.2 Å². The van der Waals surface area contributed by atoms with Gasteiger partial charge in [0.2, 0.25) is 5.78 Å². The molecule has 1 aliphatic heterocycles. The normalized spacial score (nSPS) is 29.5. The molecule has 1 aromatic carbocycles. The molecular weight excluding hydrogens is 434 g/mol. The maximum absolute atomic E-state index is 12.8. The summed E-state index contributed by atoms with van der Waals surface area (Å²) in [5.74, 6) is -2.64. The zero-order valence-electron chi connectivity index (χ0n) is 14.8. The molecular formula is C18H18BrN3O6. The largest absolute Gasteiger partial charge is 0.305 e. The third-order valence-corrected chi connectivity index (χ3v) is 5.98. The van der Waals surface area contributed by atoms with Gasteiger partial charge in [-0.15, -0.1) is 0 Å². The quantitative estimate of drug-likeness (QED) is 0.267. The van der Waals surface area contributed by atoms with Crippen molar-refractivity contribution in [3.8, 4) is 0 Å². The first-order chi connectivity index (χ1) is 13.3. The second-order valence-corrected chi connectivity index (χ2v) is 7.87. The van der Waals surface area contributed by atoms with E-state index >= 15 is 0 Å². The van der Waals surface area contributed by atoms with Crippen LogP contribution in [0.2, 0.25) is 0 Å². The van der Waals surface area contributed by atoms with Crippen LogP contribution in [0, 0.1) is 26.1 Å². The number of piperidine rings is 1. The lowest BCUT2D eigenvalue weighted by Gasteiger charge is -2.48. The first-order valence-electron chi connectivity index (χ1n) is 8.67. The monoisotopic (exact) mass is 451 g/mol. The standard InChI is InChI=1S/C18H18BrN3O6/c19-8-9-20-11-17(21(25)26)7-6-16(24)18(12-20,22(27)28)15(17)10-14(23)13-4-2-1-3-5-13/h1-7,15H,8-12H2/t15-,17-,18+/m0/s1. The fourth-order valence-corrected chi connectivity index (χ4v) is 4.74. The Bertz CT molecular complexity index is 860. The van der Waals surface area contributed by atoms with Gasteiger partial charge in [-0.3, -0.25) is 34.7 Å². The first kappa shape index (κ1) is 20.3. The maximum atomic E-state index is 12.8. The number of halogens is 1. The lowest BCUT2D eigenvalue weighted by molar-refractivity contribution is -0.623. The second kappa shape index (κ2) is 7.51. The van der Waals surface area contributed by atoms with Gasteiger partial charge in [-0.25, -0.2) is 0 Å². The zero-order chi connectivity index (χ0) is 20.5. The second-order valence-electron chi connectivity index (χ2n) is 7.07. The van der Waals surface area contributed by atoms with Crippen LogP contribution < -0.4 is 0 Å². The van der Waals surface area contributed by atoms with Crippen molar-refractivity contribution in [3.05, 3.63) is 68.3 Å². The molecule has 1 aliphatic carbocycles. The minimum atomic E-state index is -2.23. The van der Waals surface area contributed by atoms with E-state index < -0.39 is 44.8 Å². The Balaban J connectivity index is 2.12. The summed E-state index contributed by atoms with van der Waals surface area (Å²) >= 11 is 3.24. The van der Waals surface area contributed by atoms with E-state index in [9.17, 15) is 29.8 Å². The molecule has 0 aromatic heterocycles. The van der Waals surface area contributed by atoms with Crippen molar-refractivity contribution in [2.45, 2.75) is 17.5 Å². The van der Waals surface area contributed by atoms with Crippen molar-refractivity contribution in [3.63, 3.8) is 0 Å². The Morgan fingerprint density at radius 1 is 1.18 bits per heavy atom. The molecule has 28 heavy (non-hydrogen) atoms. The van der Waals surface area contributed by atoms with E-state index in [0.29, 0.717) is 17.4 Å². The van der Waals surface area contributed by atoms with E-state index in [1.807, 2.05) is 0 Å². The van der Waals surface area contributed by atoms with E-state index in [0.717, 1.165) is 12.2 Å². The zero-order valence-corrected chi connectivity index (χ0v) is 16.4. The van der Waals surface area contributed by atoms with E-state index in [-0.39, 0.29) is 13.1 Å². The van der Waals surface area contributed by atoms with Gasteiger partial charge in [0.1, 0.15) is 5.92 Å². The van der Waals surface area contributed by atoms with Gasteiger partial charge < -0.3 is 0 Å². The molecule has 1 aromatic rings. The number of ketones is 2. The Kier molecular flexibility index (Phi) is 5.44. The van der Waals surface area contributed by atoms with Gasteiger partial charge in [-0.1, -0.05) is 46.3 Å². The van der Waals surface area contributed by atoms with Crippen LogP contribution in [0.25, 0.3) is 0 Å². The molecule has 0 saturated carbocycles. The topological polar surface area (TPSA) is 124 Å². The Morgan fingerprint density at radius 3 is 2.43 bits per heavy atom. The van der Waals surface area contributed by atoms with E-state index in [1.165, 1.54) is 0 Å². The molecule has 0 radical (unpaired) electrons. The number of carbonyl (C=O) groups is 2. The SMILES string of the molecule is O=C(C[C@H]1[C@]2([N+](=O)[O-])C=CC(=O)[C@@]1([N+](=O)[O-])CN(CCBr)C2)c1ccccc1. The molecule has 1 fully saturated rings. The van der Waals surface area contributed by atoms with Crippen molar-refractivity contribution >= 4 is 27.5 Å². The van der Waals surface area contributed by atoms with Crippen molar-refractivity contribution in [2.75, 3.05) is 25.0 Å². The van der Waals surface area contributed by atoms with Crippen LogP contribution in [0.5, 0.6) is 0 Å². The number of nitro groups is 2. The van der Waals surface area contributed by atoms with Gasteiger partial charge >= 0.3 is 5.54 Å². The van der Waals surface area contributed by atoms with Crippen LogP contribution in [0.4, 0.5) is 0 Å². The van der Waals surface area contributed by atoms with E-state index in [2.05, 4.69) is 15.9 Å². The predicted octanol–water partition coefficient (Wildman–Crippen LogP) is 1.76. The number of rotatable bonds is 7. The summed E-state index contributed by atoms with van der Waals surface area (Å²) in [6.07, 6.45) is 1.63.